The minimum absolute atomic E-state index is 0. The standard InChI is InChI=1S/C17H29N5O2.ClH/c1-11(2)16-13(6-9-24-16)10-19-17(23)15-12(3)22(21-20-15)14-4-7-18-8-5-14;/h11,13-14,16,18H,4-10H2,1-3H3,(H,19,23);1H. The Hall–Kier alpha value is -1.18. The number of rotatable bonds is 5. The molecular formula is C17H30ClN5O2. The lowest BCUT2D eigenvalue weighted by Crippen LogP contribution is -2.35. The molecule has 0 aromatic carbocycles. The second-order valence-electron chi connectivity index (χ2n) is 7.29. The molecule has 0 aliphatic carbocycles. The molecule has 25 heavy (non-hydrogen) atoms. The number of hydrogen-bond donors (Lipinski definition) is 2. The van der Waals surface area contributed by atoms with Crippen LogP contribution in [0, 0.1) is 18.8 Å². The van der Waals surface area contributed by atoms with Crippen LogP contribution in [0.2, 0.25) is 0 Å². The van der Waals surface area contributed by atoms with Crippen molar-refractivity contribution in [2.24, 2.45) is 11.8 Å². The van der Waals surface area contributed by atoms with E-state index in [0.717, 1.165) is 44.7 Å². The SMILES string of the molecule is Cc1c(C(=O)NCC2CCOC2C(C)C)nnn1C1CCNCC1.Cl. The third-order valence-electron chi connectivity index (χ3n) is 5.24. The predicted molar refractivity (Wildman–Crippen MR) is 98.2 cm³/mol. The molecule has 0 bridgehead atoms. The smallest absolute Gasteiger partial charge is 0.273 e. The number of hydrogen-bond acceptors (Lipinski definition) is 5. The van der Waals surface area contributed by atoms with Crippen LogP contribution in [0.1, 0.15) is 55.3 Å². The van der Waals surface area contributed by atoms with E-state index in [0.29, 0.717) is 30.1 Å². The summed E-state index contributed by atoms with van der Waals surface area (Å²) >= 11 is 0. The molecular weight excluding hydrogens is 342 g/mol. The van der Waals surface area contributed by atoms with Gasteiger partial charge in [0.15, 0.2) is 5.69 Å². The Kier molecular flexibility index (Phi) is 7.22. The van der Waals surface area contributed by atoms with Crippen LogP contribution < -0.4 is 10.6 Å². The largest absolute Gasteiger partial charge is 0.378 e. The fourth-order valence-corrected chi connectivity index (χ4v) is 3.87. The maximum Gasteiger partial charge on any atom is 0.273 e. The highest BCUT2D eigenvalue weighted by Gasteiger charge is 2.31. The molecule has 2 N–H and O–H groups in total. The second kappa shape index (κ2) is 8.96. The molecule has 2 fully saturated rings. The van der Waals surface area contributed by atoms with Crippen LogP contribution in [-0.2, 0) is 4.74 Å². The van der Waals surface area contributed by atoms with Crippen molar-refractivity contribution in [3.05, 3.63) is 11.4 Å². The minimum atomic E-state index is -0.123. The highest BCUT2D eigenvalue weighted by molar-refractivity contribution is 5.93. The fourth-order valence-electron chi connectivity index (χ4n) is 3.87. The molecule has 1 aromatic rings. The molecule has 2 atom stereocenters. The lowest BCUT2D eigenvalue weighted by molar-refractivity contribution is 0.0533. The van der Waals surface area contributed by atoms with Crippen molar-refractivity contribution in [2.45, 2.75) is 52.2 Å². The molecule has 2 saturated heterocycles. The van der Waals surface area contributed by atoms with Gasteiger partial charge in [-0.1, -0.05) is 19.1 Å². The Balaban J connectivity index is 0.00000225. The van der Waals surface area contributed by atoms with Gasteiger partial charge in [0.2, 0.25) is 0 Å². The molecule has 8 heteroatoms. The molecule has 0 spiro atoms. The number of nitrogens with one attached hydrogen (secondary N) is 2. The Labute approximate surface area is 155 Å². The van der Waals surface area contributed by atoms with Crippen molar-refractivity contribution < 1.29 is 9.53 Å². The van der Waals surface area contributed by atoms with Crippen LogP contribution in [-0.4, -0.2) is 53.2 Å². The molecule has 142 valence electrons. The second-order valence-corrected chi connectivity index (χ2v) is 7.29. The van der Waals surface area contributed by atoms with E-state index in [2.05, 4.69) is 34.8 Å². The predicted octanol–water partition coefficient (Wildman–Crippen LogP) is 1.72. The summed E-state index contributed by atoms with van der Waals surface area (Å²) in [6.45, 7) is 9.68. The summed E-state index contributed by atoms with van der Waals surface area (Å²) < 4.78 is 7.70. The molecule has 3 heterocycles. The zero-order valence-corrected chi connectivity index (χ0v) is 16.1. The summed E-state index contributed by atoms with van der Waals surface area (Å²) in [5, 5.41) is 14.8. The van der Waals surface area contributed by atoms with Crippen LogP contribution in [0.4, 0.5) is 0 Å². The van der Waals surface area contributed by atoms with Gasteiger partial charge in [-0.15, -0.1) is 17.5 Å². The maximum atomic E-state index is 12.5. The van der Waals surface area contributed by atoms with E-state index in [4.69, 9.17) is 4.74 Å². The number of halogens is 1. The van der Waals surface area contributed by atoms with E-state index in [1.165, 1.54) is 0 Å². The Morgan fingerprint density at radius 3 is 2.76 bits per heavy atom. The average molecular weight is 372 g/mol. The first-order chi connectivity index (χ1) is 11.6. The highest BCUT2D eigenvalue weighted by Crippen LogP contribution is 2.26. The fraction of sp³-hybridized carbons (Fsp3) is 0.824. The quantitative estimate of drug-likeness (QED) is 0.823. The topological polar surface area (TPSA) is 81.1 Å². The number of amides is 1. The first kappa shape index (κ1) is 20.1. The van der Waals surface area contributed by atoms with Gasteiger partial charge in [0.1, 0.15) is 0 Å². The summed E-state index contributed by atoms with van der Waals surface area (Å²) in [6.07, 6.45) is 3.29. The van der Waals surface area contributed by atoms with Gasteiger partial charge in [0.05, 0.1) is 17.8 Å². The van der Waals surface area contributed by atoms with Crippen LogP contribution >= 0.6 is 12.4 Å². The van der Waals surface area contributed by atoms with E-state index in [-0.39, 0.29) is 24.4 Å². The first-order valence-corrected chi connectivity index (χ1v) is 9.10. The molecule has 0 saturated carbocycles. The Bertz CT molecular complexity index is 571. The van der Waals surface area contributed by atoms with E-state index < -0.39 is 0 Å². The number of nitrogens with zero attached hydrogens (tertiary/aromatic N) is 3. The minimum Gasteiger partial charge on any atom is -0.378 e. The van der Waals surface area contributed by atoms with Crippen LogP contribution in [0.15, 0.2) is 0 Å². The molecule has 7 nitrogen and oxygen atoms in total. The van der Waals surface area contributed by atoms with Gasteiger partial charge < -0.3 is 15.4 Å². The molecule has 0 radical (unpaired) electrons. The number of carbonyl (C=O) groups excluding carboxylic acids is 1. The lowest BCUT2D eigenvalue weighted by Gasteiger charge is -2.23. The lowest BCUT2D eigenvalue weighted by atomic mass is 9.93. The van der Waals surface area contributed by atoms with E-state index in [1.807, 2.05) is 11.6 Å². The zero-order valence-electron chi connectivity index (χ0n) is 15.3. The number of aromatic nitrogens is 3. The van der Waals surface area contributed by atoms with Crippen molar-refractivity contribution in [3.8, 4) is 0 Å². The van der Waals surface area contributed by atoms with Gasteiger partial charge in [0, 0.05) is 19.1 Å². The van der Waals surface area contributed by atoms with Gasteiger partial charge in [-0.25, -0.2) is 4.68 Å². The molecule has 1 aromatic heterocycles. The monoisotopic (exact) mass is 371 g/mol. The van der Waals surface area contributed by atoms with Crippen molar-refractivity contribution in [2.75, 3.05) is 26.2 Å². The van der Waals surface area contributed by atoms with Crippen LogP contribution in [0.25, 0.3) is 0 Å². The van der Waals surface area contributed by atoms with E-state index >= 15 is 0 Å². The molecule has 3 rings (SSSR count). The van der Waals surface area contributed by atoms with Crippen molar-refractivity contribution >= 4 is 18.3 Å². The van der Waals surface area contributed by atoms with E-state index in [1.54, 1.807) is 0 Å². The zero-order chi connectivity index (χ0) is 17.1. The summed E-state index contributed by atoms with van der Waals surface area (Å²) in [5.41, 5.74) is 1.32. The van der Waals surface area contributed by atoms with Crippen molar-refractivity contribution in [1.29, 1.82) is 0 Å². The normalized spacial score (nSPS) is 24.3. The number of ether oxygens (including phenoxy) is 1. The number of carbonyl (C=O) groups is 1. The van der Waals surface area contributed by atoms with Gasteiger partial charge in [-0.05, 0) is 45.2 Å². The van der Waals surface area contributed by atoms with Crippen molar-refractivity contribution in [1.82, 2.24) is 25.6 Å². The van der Waals surface area contributed by atoms with Crippen LogP contribution in [0.5, 0.6) is 0 Å². The summed E-state index contributed by atoms with van der Waals surface area (Å²) in [6, 6.07) is 0.342. The number of piperidine rings is 1. The Morgan fingerprint density at radius 1 is 1.36 bits per heavy atom. The van der Waals surface area contributed by atoms with Gasteiger partial charge >= 0.3 is 0 Å². The van der Waals surface area contributed by atoms with Gasteiger partial charge in [-0.2, -0.15) is 0 Å². The molecule has 2 aliphatic rings. The molecule has 2 aliphatic heterocycles. The summed E-state index contributed by atoms with van der Waals surface area (Å²) in [5.74, 6) is 0.729. The maximum absolute atomic E-state index is 12.5. The van der Waals surface area contributed by atoms with Gasteiger partial charge in [0.25, 0.3) is 5.91 Å². The third-order valence-corrected chi connectivity index (χ3v) is 5.24. The Morgan fingerprint density at radius 2 is 2.08 bits per heavy atom. The average Bonchev–Trinajstić information content (AvgIpc) is 3.20. The molecule has 1 amide bonds. The van der Waals surface area contributed by atoms with Gasteiger partial charge in [-0.3, -0.25) is 4.79 Å². The van der Waals surface area contributed by atoms with Crippen molar-refractivity contribution in [3.63, 3.8) is 0 Å². The first-order valence-electron chi connectivity index (χ1n) is 9.10. The van der Waals surface area contributed by atoms with Crippen LogP contribution in [0.3, 0.4) is 0 Å². The highest BCUT2D eigenvalue weighted by atomic mass is 35.5. The summed E-state index contributed by atoms with van der Waals surface area (Å²) in [7, 11) is 0. The molecule has 2 unspecified atom stereocenters. The van der Waals surface area contributed by atoms with E-state index in [9.17, 15) is 4.79 Å². The summed E-state index contributed by atoms with van der Waals surface area (Å²) in [4.78, 5) is 12.5. The third kappa shape index (κ3) is 4.51.